The number of nitrogens with zero attached hydrogens (tertiary/aromatic N) is 1. The van der Waals surface area contributed by atoms with Crippen LogP contribution in [0.15, 0.2) is 0 Å². The number of amides is 1. The number of hydrogen-bond donors (Lipinski definition) is 1. The Morgan fingerprint density at radius 3 is 2.59 bits per heavy atom. The van der Waals surface area contributed by atoms with Gasteiger partial charge in [-0.3, -0.25) is 4.79 Å². The van der Waals surface area contributed by atoms with Crippen molar-refractivity contribution in [1.29, 1.82) is 0 Å². The molecule has 0 bridgehead atoms. The van der Waals surface area contributed by atoms with Crippen LogP contribution in [0.2, 0.25) is 0 Å². The van der Waals surface area contributed by atoms with Crippen molar-refractivity contribution >= 4 is 5.91 Å². The molecule has 0 saturated carbocycles. The van der Waals surface area contributed by atoms with Gasteiger partial charge in [0, 0.05) is 39.3 Å². The monoisotopic (exact) mass is 244 g/mol. The predicted octanol–water partition coefficient (Wildman–Crippen LogP) is 1.63. The number of nitrogens with two attached hydrogens (primary N) is 1. The summed E-state index contributed by atoms with van der Waals surface area (Å²) in [4.78, 5) is 13.5. The van der Waals surface area contributed by atoms with E-state index in [0.29, 0.717) is 25.6 Å². The molecule has 17 heavy (non-hydrogen) atoms. The summed E-state index contributed by atoms with van der Waals surface area (Å²) < 4.78 is 5.20. The van der Waals surface area contributed by atoms with E-state index in [1.54, 1.807) is 4.90 Å². The maximum Gasteiger partial charge on any atom is 0.222 e. The molecular formula is C13H28N2O2. The second-order valence-electron chi connectivity index (χ2n) is 4.81. The van der Waals surface area contributed by atoms with Crippen molar-refractivity contribution in [2.45, 2.75) is 46.1 Å². The van der Waals surface area contributed by atoms with Crippen LogP contribution in [0.1, 0.15) is 40.0 Å². The highest BCUT2D eigenvalue weighted by atomic mass is 16.5. The Balaban J connectivity index is 3.67. The molecule has 0 aromatic rings. The molecule has 0 radical (unpaired) electrons. The predicted molar refractivity (Wildman–Crippen MR) is 70.8 cm³/mol. The summed E-state index contributed by atoms with van der Waals surface area (Å²) in [6.45, 7) is 8.30. The zero-order valence-corrected chi connectivity index (χ0v) is 11.7. The molecule has 4 heteroatoms. The average Bonchev–Trinajstić information content (AvgIpc) is 2.30. The van der Waals surface area contributed by atoms with E-state index in [0.717, 1.165) is 19.4 Å². The lowest BCUT2D eigenvalue weighted by Gasteiger charge is -2.21. The van der Waals surface area contributed by atoms with E-state index in [9.17, 15) is 4.79 Å². The topological polar surface area (TPSA) is 55.6 Å². The van der Waals surface area contributed by atoms with Crippen molar-refractivity contribution < 1.29 is 9.53 Å². The van der Waals surface area contributed by atoms with Gasteiger partial charge in [-0.1, -0.05) is 13.8 Å². The lowest BCUT2D eigenvalue weighted by molar-refractivity contribution is -0.130. The Morgan fingerprint density at radius 2 is 2.06 bits per heavy atom. The second kappa shape index (κ2) is 9.42. The van der Waals surface area contributed by atoms with E-state index in [1.807, 2.05) is 14.0 Å². The number of hydrogen-bond acceptors (Lipinski definition) is 3. The molecule has 0 aromatic heterocycles. The van der Waals surface area contributed by atoms with Crippen LogP contribution in [0.5, 0.6) is 0 Å². The van der Waals surface area contributed by atoms with Crippen molar-refractivity contribution in [3.05, 3.63) is 0 Å². The molecule has 0 aliphatic carbocycles. The van der Waals surface area contributed by atoms with Gasteiger partial charge >= 0.3 is 0 Å². The lowest BCUT2D eigenvalue weighted by Crippen LogP contribution is -2.34. The molecule has 4 nitrogen and oxygen atoms in total. The standard InChI is InChI=1S/C13H28N2O2/c1-5-17-10-6-7-13(16)15(4)9-8-12(14)11(2)3/h11-12H,5-10,14H2,1-4H3. The molecule has 102 valence electrons. The van der Waals surface area contributed by atoms with Crippen molar-refractivity contribution in [3.63, 3.8) is 0 Å². The number of ether oxygens (including phenoxy) is 1. The second-order valence-corrected chi connectivity index (χ2v) is 4.81. The van der Waals surface area contributed by atoms with E-state index >= 15 is 0 Å². The van der Waals surface area contributed by atoms with E-state index in [4.69, 9.17) is 10.5 Å². The minimum Gasteiger partial charge on any atom is -0.382 e. The molecule has 0 aliphatic heterocycles. The van der Waals surface area contributed by atoms with Crippen molar-refractivity contribution in [2.24, 2.45) is 11.7 Å². The van der Waals surface area contributed by atoms with Crippen LogP contribution in [0.4, 0.5) is 0 Å². The lowest BCUT2D eigenvalue weighted by atomic mass is 10.0. The summed E-state index contributed by atoms with van der Waals surface area (Å²) in [5, 5.41) is 0. The van der Waals surface area contributed by atoms with Gasteiger partial charge < -0.3 is 15.4 Å². The number of rotatable bonds is 9. The SMILES string of the molecule is CCOCCCC(=O)N(C)CCC(N)C(C)C. The Bertz CT molecular complexity index is 208. The molecule has 0 spiro atoms. The fraction of sp³-hybridized carbons (Fsp3) is 0.923. The molecule has 0 aliphatic rings. The summed E-state index contributed by atoms with van der Waals surface area (Å²) in [6.07, 6.45) is 2.23. The first-order chi connectivity index (χ1) is 7.99. The molecule has 1 atom stereocenters. The van der Waals surface area contributed by atoms with Crippen molar-refractivity contribution in [2.75, 3.05) is 26.8 Å². The van der Waals surface area contributed by atoms with E-state index in [1.165, 1.54) is 0 Å². The summed E-state index contributed by atoms with van der Waals surface area (Å²) in [6, 6.07) is 0.175. The zero-order chi connectivity index (χ0) is 13.3. The molecular weight excluding hydrogens is 216 g/mol. The van der Waals surface area contributed by atoms with Crippen LogP contribution in [-0.4, -0.2) is 43.7 Å². The molecule has 1 amide bonds. The molecule has 0 fully saturated rings. The van der Waals surface area contributed by atoms with Gasteiger partial charge in [0.25, 0.3) is 0 Å². The smallest absolute Gasteiger partial charge is 0.222 e. The third-order valence-corrected chi connectivity index (χ3v) is 2.96. The van der Waals surface area contributed by atoms with E-state index in [-0.39, 0.29) is 11.9 Å². The summed E-state index contributed by atoms with van der Waals surface area (Å²) in [5.41, 5.74) is 5.95. The first-order valence-corrected chi connectivity index (χ1v) is 6.56. The molecule has 0 aromatic carbocycles. The summed E-state index contributed by atoms with van der Waals surface area (Å²) in [5.74, 6) is 0.650. The van der Waals surface area contributed by atoms with Crippen LogP contribution in [-0.2, 0) is 9.53 Å². The zero-order valence-electron chi connectivity index (χ0n) is 11.7. The number of carbonyl (C=O) groups excluding carboxylic acids is 1. The highest BCUT2D eigenvalue weighted by molar-refractivity contribution is 5.75. The fourth-order valence-electron chi connectivity index (χ4n) is 1.46. The van der Waals surface area contributed by atoms with Crippen LogP contribution in [0.3, 0.4) is 0 Å². The first-order valence-electron chi connectivity index (χ1n) is 6.56. The van der Waals surface area contributed by atoms with Gasteiger partial charge in [0.1, 0.15) is 0 Å². The third kappa shape index (κ3) is 8.16. The minimum absolute atomic E-state index is 0.175. The highest BCUT2D eigenvalue weighted by Gasteiger charge is 2.12. The van der Waals surface area contributed by atoms with Gasteiger partial charge in [0.15, 0.2) is 0 Å². The normalized spacial score (nSPS) is 12.8. The van der Waals surface area contributed by atoms with E-state index < -0.39 is 0 Å². The van der Waals surface area contributed by atoms with Crippen molar-refractivity contribution in [1.82, 2.24) is 4.90 Å². The summed E-state index contributed by atoms with van der Waals surface area (Å²) >= 11 is 0. The molecule has 1 unspecified atom stereocenters. The molecule has 0 heterocycles. The van der Waals surface area contributed by atoms with Gasteiger partial charge in [-0.25, -0.2) is 0 Å². The molecule has 2 N–H and O–H groups in total. The van der Waals surface area contributed by atoms with Gasteiger partial charge in [-0.05, 0) is 25.7 Å². The average molecular weight is 244 g/mol. The molecule has 0 saturated heterocycles. The Morgan fingerprint density at radius 1 is 1.41 bits per heavy atom. The van der Waals surface area contributed by atoms with Gasteiger partial charge in [0.2, 0.25) is 5.91 Å². The fourth-order valence-corrected chi connectivity index (χ4v) is 1.46. The highest BCUT2D eigenvalue weighted by Crippen LogP contribution is 2.05. The van der Waals surface area contributed by atoms with Crippen LogP contribution >= 0.6 is 0 Å². The Hall–Kier alpha value is -0.610. The van der Waals surface area contributed by atoms with Gasteiger partial charge in [0.05, 0.1) is 0 Å². The maximum atomic E-state index is 11.7. The van der Waals surface area contributed by atoms with Gasteiger partial charge in [-0.15, -0.1) is 0 Å². The van der Waals surface area contributed by atoms with Crippen LogP contribution < -0.4 is 5.73 Å². The van der Waals surface area contributed by atoms with Crippen molar-refractivity contribution in [3.8, 4) is 0 Å². The third-order valence-electron chi connectivity index (χ3n) is 2.96. The van der Waals surface area contributed by atoms with Crippen LogP contribution in [0, 0.1) is 5.92 Å². The minimum atomic E-state index is 0.175. The molecule has 0 rings (SSSR count). The van der Waals surface area contributed by atoms with Crippen LogP contribution in [0.25, 0.3) is 0 Å². The Kier molecular flexibility index (Phi) is 9.09. The maximum absolute atomic E-state index is 11.7. The number of carbonyl (C=O) groups is 1. The quantitative estimate of drug-likeness (QED) is 0.627. The van der Waals surface area contributed by atoms with E-state index in [2.05, 4.69) is 13.8 Å². The largest absolute Gasteiger partial charge is 0.382 e. The first kappa shape index (κ1) is 16.4. The van der Waals surface area contributed by atoms with Gasteiger partial charge in [-0.2, -0.15) is 0 Å². The Labute approximate surface area is 105 Å². The summed E-state index contributed by atoms with van der Waals surface area (Å²) in [7, 11) is 1.84.